The van der Waals surface area contributed by atoms with Crippen molar-refractivity contribution in [3.05, 3.63) is 33.9 Å². The molecule has 1 heteroatoms. The SMILES string of the molecule is CCc1cc(C#N)c(CC)c(CC)c1CC. The van der Waals surface area contributed by atoms with E-state index in [-0.39, 0.29) is 0 Å². The summed E-state index contributed by atoms with van der Waals surface area (Å²) in [6.45, 7) is 8.70. The van der Waals surface area contributed by atoms with E-state index in [1.54, 1.807) is 0 Å². The number of hydrogen-bond acceptors (Lipinski definition) is 1. The number of rotatable bonds is 4. The highest BCUT2D eigenvalue weighted by atomic mass is 14.3. The van der Waals surface area contributed by atoms with Gasteiger partial charge in [-0.2, -0.15) is 5.26 Å². The molecule has 0 N–H and O–H groups in total. The second kappa shape index (κ2) is 5.70. The molecule has 0 aromatic heterocycles. The molecule has 0 unspecified atom stereocenters. The van der Waals surface area contributed by atoms with Crippen molar-refractivity contribution >= 4 is 0 Å². The molecule has 0 saturated heterocycles. The summed E-state index contributed by atoms with van der Waals surface area (Å²) >= 11 is 0. The van der Waals surface area contributed by atoms with E-state index in [0.29, 0.717) is 0 Å². The lowest BCUT2D eigenvalue weighted by Crippen LogP contribution is -2.05. The first-order chi connectivity index (χ1) is 7.73. The van der Waals surface area contributed by atoms with Crippen LogP contribution in [0.4, 0.5) is 0 Å². The maximum Gasteiger partial charge on any atom is 0.0994 e. The van der Waals surface area contributed by atoms with Crippen molar-refractivity contribution in [1.82, 2.24) is 0 Å². The van der Waals surface area contributed by atoms with Crippen molar-refractivity contribution in [2.45, 2.75) is 53.4 Å². The Kier molecular flexibility index (Phi) is 4.55. The predicted molar refractivity (Wildman–Crippen MR) is 68.7 cm³/mol. The van der Waals surface area contributed by atoms with Gasteiger partial charge < -0.3 is 0 Å². The Hall–Kier alpha value is -1.29. The van der Waals surface area contributed by atoms with Crippen LogP contribution in [0.5, 0.6) is 0 Å². The van der Waals surface area contributed by atoms with Crippen LogP contribution < -0.4 is 0 Å². The highest BCUT2D eigenvalue weighted by Crippen LogP contribution is 2.25. The monoisotopic (exact) mass is 215 g/mol. The molecule has 0 atom stereocenters. The largest absolute Gasteiger partial charge is 0.192 e. The van der Waals surface area contributed by atoms with Crippen molar-refractivity contribution < 1.29 is 0 Å². The van der Waals surface area contributed by atoms with Crippen LogP contribution in [0, 0.1) is 11.3 Å². The normalized spacial score (nSPS) is 10.2. The smallest absolute Gasteiger partial charge is 0.0994 e. The molecule has 0 amide bonds. The van der Waals surface area contributed by atoms with E-state index in [9.17, 15) is 5.26 Å². The van der Waals surface area contributed by atoms with Gasteiger partial charge in [0, 0.05) is 0 Å². The Bertz CT molecular complexity index is 410. The van der Waals surface area contributed by atoms with Crippen molar-refractivity contribution in [3.63, 3.8) is 0 Å². The molecular weight excluding hydrogens is 194 g/mol. The molecule has 0 fully saturated rings. The van der Waals surface area contributed by atoms with E-state index in [0.717, 1.165) is 31.2 Å². The van der Waals surface area contributed by atoms with Crippen LogP contribution in [-0.4, -0.2) is 0 Å². The predicted octanol–water partition coefficient (Wildman–Crippen LogP) is 3.81. The van der Waals surface area contributed by atoms with E-state index in [2.05, 4.69) is 39.8 Å². The van der Waals surface area contributed by atoms with Gasteiger partial charge in [0.15, 0.2) is 0 Å². The summed E-state index contributed by atoms with van der Waals surface area (Å²) in [5.41, 5.74) is 6.39. The van der Waals surface area contributed by atoms with E-state index in [1.807, 2.05) is 0 Å². The highest BCUT2D eigenvalue weighted by Gasteiger charge is 2.13. The summed E-state index contributed by atoms with van der Waals surface area (Å²) in [6.07, 6.45) is 4.10. The van der Waals surface area contributed by atoms with Gasteiger partial charge >= 0.3 is 0 Å². The highest BCUT2D eigenvalue weighted by molar-refractivity contribution is 5.51. The Morgan fingerprint density at radius 3 is 1.81 bits per heavy atom. The maximum absolute atomic E-state index is 9.20. The second-order valence-electron chi connectivity index (χ2n) is 4.04. The quantitative estimate of drug-likeness (QED) is 0.749. The van der Waals surface area contributed by atoms with Gasteiger partial charge in [-0.25, -0.2) is 0 Å². The average molecular weight is 215 g/mol. The van der Waals surface area contributed by atoms with E-state index >= 15 is 0 Å². The first-order valence-electron chi connectivity index (χ1n) is 6.29. The minimum atomic E-state index is 0.883. The van der Waals surface area contributed by atoms with Gasteiger partial charge in [-0.05, 0) is 54.0 Å². The molecule has 0 heterocycles. The molecule has 0 radical (unpaired) electrons. The summed E-state index contributed by atoms with van der Waals surface area (Å²) < 4.78 is 0. The Morgan fingerprint density at radius 2 is 1.44 bits per heavy atom. The molecule has 1 aromatic rings. The maximum atomic E-state index is 9.20. The Balaban J connectivity index is 3.56. The molecule has 86 valence electrons. The lowest BCUT2D eigenvalue weighted by Gasteiger charge is -2.17. The number of nitrogens with zero attached hydrogens (tertiary/aromatic N) is 1. The topological polar surface area (TPSA) is 23.8 Å². The van der Waals surface area contributed by atoms with E-state index in [4.69, 9.17) is 0 Å². The molecule has 0 aliphatic rings. The van der Waals surface area contributed by atoms with Gasteiger partial charge in [0.2, 0.25) is 0 Å². The molecule has 1 nitrogen and oxygen atoms in total. The van der Waals surface area contributed by atoms with Gasteiger partial charge in [-0.1, -0.05) is 27.7 Å². The number of nitriles is 1. The number of aryl methyl sites for hydroxylation is 1. The van der Waals surface area contributed by atoms with Crippen LogP contribution in [0.15, 0.2) is 6.07 Å². The van der Waals surface area contributed by atoms with Gasteiger partial charge in [-0.15, -0.1) is 0 Å². The number of benzene rings is 1. The van der Waals surface area contributed by atoms with Crippen LogP contribution in [0.1, 0.15) is 55.5 Å². The summed E-state index contributed by atoms with van der Waals surface area (Å²) in [4.78, 5) is 0. The average Bonchev–Trinajstić information content (AvgIpc) is 2.35. The lowest BCUT2D eigenvalue weighted by molar-refractivity contribution is 0.940. The zero-order valence-corrected chi connectivity index (χ0v) is 10.9. The van der Waals surface area contributed by atoms with Crippen LogP contribution in [0.25, 0.3) is 0 Å². The molecule has 1 rings (SSSR count). The molecule has 0 spiro atoms. The fraction of sp³-hybridized carbons (Fsp3) is 0.533. The third-order valence-electron chi connectivity index (χ3n) is 3.32. The van der Waals surface area contributed by atoms with Crippen LogP contribution >= 0.6 is 0 Å². The summed E-state index contributed by atoms with van der Waals surface area (Å²) in [5.74, 6) is 0. The van der Waals surface area contributed by atoms with E-state index < -0.39 is 0 Å². The van der Waals surface area contributed by atoms with E-state index in [1.165, 1.54) is 22.3 Å². The molecule has 1 aromatic carbocycles. The minimum absolute atomic E-state index is 0.883. The first kappa shape index (κ1) is 12.8. The lowest BCUT2D eigenvalue weighted by atomic mass is 9.87. The van der Waals surface area contributed by atoms with Gasteiger partial charge in [-0.3, -0.25) is 0 Å². The fourth-order valence-electron chi connectivity index (χ4n) is 2.57. The molecule has 0 aliphatic carbocycles. The summed E-state index contributed by atoms with van der Waals surface area (Å²) in [7, 11) is 0. The standard InChI is InChI=1S/C15H21N/c1-5-11-9-12(10-16)14(7-3)15(8-4)13(11)6-2/h9H,5-8H2,1-4H3. The Morgan fingerprint density at radius 1 is 0.875 bits per heavy atom. The van der Waals surface area contributed by atoms with Crippen molar-refractivity contribution in [3.8, 4) is 6.07 Å². The molecule has 16 heavy (non-hydrogen) atoms. The second-order valence-corrected chi connectivity index (χ2v) is 4.04. The zero-order chi connectivity index (χ0) is 12.1. The van der Waals surface area contributed by atoms with Crippen molar-refractivity contribution in [1.29, 1.82) is 5.26 Å². The van der Waals surface area contributed by atoms with Gasteiger partial charge in [0.05, 0.1) is 11.6 Å². The third-order valence-corrected chi connectivity index (χ3v) is 3.32. The fourth-order valence-corrected chi connectivity index (χ4v) is 2.57. The van der Waals surface area contributed by atoms with Crippen molar-refractivity contribution in [2.75, 3.05) is 0 Å². The first-order valence-corrected chi connectivity index (χ1v) is 6.29. The Labute approximate surface area is 99.1 Å². The minimum Gasteiger partial charge on any atom is -0.192 e. The summed E-state index contributed by atoms with van der Waals surface area (Å²) in [6, 6.07) is 4.44. The van der Waals surface area contributed by atoms with Gasteiger partial charge in [0.1, 0.15) is 0 Å². The van der Waals surface area contributed by atoms with Crippen LogP contribution in [0.3, 0.4) is 0 Å². The van der Waals surface area contributed by atoms with Crippen LogP contribution in [-0.2, 0) is 25.7 Å². The van der Waals surface area contributed by atoms with Gasteiger partial charge in [0.25, 0.3) is 0 Å². The molecule has 0 bridgehead atoms. The number of hydrogen-bond donors (Lipinski definition) is 0. The molecule has 0 aliphatic heterocycles. The zero-order valence-electron chi connectivity index (χ0n) is 10.9. The molecular formula is C15H21N. The van der Waals surface area contributed by atoms with Crippen molar-refractivity contribution in [2.24, 2.45) is 0 Å². The summed E-state index contributed by atoms with van der Waals surface area (Å²) in [5, 5.41) is 9.20. The molecule has 0 saturated carbocycles. The van der Waals surface area contributed by atoms with Crippen LogP contribution in [0.2, 0.25) is 0 Å². The third kappa shape index (κ3) is 2.11.